The molecule has 1 aliphatic carbocycles. The van der Waals surface area contributed by atoms with Crippen LogP contribution in [-0.2, 0) is 0 Å². The van der Waals surface area contributed by atoms with Crippen LogP contribution in [0.5, 0.6) is 0 Å². The van der Waals surface area contributed by atoms with Gasteiger partial charge in [-0.1, -0.05) is 11.6 Å². The number of anilines is 2. The van der Waals surface area contributed by atoms with Gasteiger partial charge < -0.3 is 5.32 Å². The second kappa shape index (κ2) is 4.27. The van der Waals surface area contributed by atoms with Crippen LogP contribution in [0.3, 0.4) is 0 Å². The minimum Gasteiger partial charge on any atom is -0.339 e. The molecule has 0 radical (unpaired) electrons. The fourth-order valence-electron chi connectivity index (χ4n) is 1.62. The van der Waals surface area contributed by atoms with Gasteiger partial charge in [0.15, 0.2) is 0 Å². The van der Waals surface area contributed by atoms with Crippen LogP contribution in [0.15, 0.2) is 16.8 Å². The van der Waals surface area contributed by atoms with Crippen molar-refractivity contribution in [2.75, 3.05) is 5.32 Å². The quantitative estimate of drug-likeness (QED) is 0.849. The minimum atomic E-state index is 0.510. The van der Waals surface area contributed by atoms with E-state index in [2.05, 4.69) is 15.3 Å². The molecule has 3 rings (SSSR count). The van der Waals surface area contributed by atoms with Crippen LogP contribution in [0.1, 0.15) is 30.1 Å². The highest BCUT2D eigenvalue weighted by Gasteiger charge is 2.28. The lowest BCUT2D eigenvalue weighted by Crippen LogP contribution is -2.02. The summed E-state index contributed by atoms with van der Waals surface area (Å²) in [6, 6.07) is 2.02. The Morgan fingerprint density at radius 2 is 2.24 bits per heavy atom. The van der Waals surface area contributed by atoms with Crippen LogP contribution in [0.2, 0.25) is 5.15 Å². The van der Waals surface area contributed by atoms with E-state index in [9.17, 15) is 0 Å². The molecule has 5 heteroatoms. The van der Waals surface area contributed by atoms with E-state index in [4.69, 9.17) is 11.6 Å². The van der Waals surface area contributed by atoms with Crippen LogP contribution in [0.4, 0.5) is 11.5 Å². The maximum Gasteiger partial charge on any atom is 0.138 e. The molecule has 0 unspecified atom stereocenters. The van der Waals surface area contributed by atoms with E-state index in [0.29, 0.717) is 11.1 Å². The van der Waals surface area contributed by atoms with Crippen LogP contribution in [-0.4, -0.2) is 9.97 Å². The zero-order chi connectivity index (χ0) is 11.8. The zero-order valence-corrected chi connectivity index (χ0v) is 11.0. The summed E-state index contributed by atoms with van der Waals surface area (Å²) < 4.78 is 0. The van der Waals surface area contributed by atoms with E-state index in [1.54, 1.807) is 11.3 Å². The fraction of sp³-hybridized carbons (Fsp3) is 0.333. The summed E-state index contributed by atoms with van der Waals surface area (Å²) in [5.41, 5.74) is 1.96. The Bertz CT molecular complexity index is 535. The molecular weight excluding hydrogens is 254 g/mol. The summed E-state index contributed by atoms with van der Waals surface area (Å²) in [5.74, 6) is 2.21. The van der Waals surface area contributed by atoms with Gasteiger partial charge >= 0.3 is 0 Å². The summed E-state index contributed by atoms with van der Waals surface area (Å²) in [4.78, 5) is 8.91. The molecule has 1 N–H and O–H groups in total. The lowest BCUT2D eigenvalue weighted by Gasteiger charge is -2.09. The predicted octanol–water partition coefficient (Wildman–Crippen LogP) is 4.12. The molecule has 1 saturated carbocycles. The van der Waals surface area contributed by atoms with Crippen LogP contribution >= 0.6 is 22.9 Å². The molecular formula is C12H12ClN3S. The van der Waals surface area contributed by atoms with Crippen LogP contribution in [0, 0.1) is 6.92 Å². The van der Waals surface area contributed by atoms with Gasteiger partial charge in [-0.2, -0.15) is 11.3 Å². The number of nitrogens with zero attached hydrogens (tertiary/aromatic N) is 2. The summed E-state index contributed by atoms with van der Waals surface area (Å²) in [5, 5.41) is 7.92. The highest BCUT2D eigenvalue weighted by Crippen LogP contribution is 2.39. The molecule has 2 heterocycles. The van der Waals surface area contributed by atoms with Gasteiger partial charge in [0.25, 0.3) is 0 Å². The maximum absolute atomic E-state index is 6.14. The van der Waals surface area contributed by atoms with Crippen molar-refractivity contribution in [2.45, 2.75) is 25.7 Å². The number of aromatic nitrogens is 2. The number of rotatable bonds is 3. The van der Waals surface area contributed by atoms with Crippen molar-refractivity contribution in [3.8, 4) is 0 Å². The standard InChI is InChI=1S/C12H12ClN3S/c1-7-10(13)15-12(8-2-3-8)16-11(7)14-9-4-5-17-6-9/h4-6,8H,2-3H2,1H3,(H,14,15,16). The van der Waals surface area contributed by atoms with Gasteiger partial charge in [0.2, 0.25) is 0 Å². The summed E-state index contributed by atoms with van der Waals surface area (Å²) >= 11 is 7.80. The first-order chi connectivity index (χ1) is 8.24. The Morgan fingerprint density at radius 1 is 1.41 bits per heavy atom. The van der Waals surface area contributed by atoms with E-state index in [0.717, 1.165) is 22.9 Å². The molecule has 88 valence electrons. The maximum atomic E-state index is 6.14. The van der Waals surface area contributed by atoms with E-state index >= 15 is 0 Å². The largest absolute Gasteiger partial charge is 0.339 e. The van der Waals surface area contributed by atoms with Gasteiger partial charge in [-0.05, 0) is 31.2 Å². The number of halogens is 1. The molecule has 2 aromatic rings. The molecule has 1 fully saturated rings. The Morgan fingerprint density at radius 3 is 2.88 bits per heavy atom. The third-order valence-electron chi connectivity index (χ3n) is 2.83. The second-order valence-corrected chi connectivity index (χ2v) is 5.40. The van der Waals surface area contributed by atoms with Crippen molar-refractivity contribution in [1.82, 2.24) is 9.97 Å². The smallest absolute Gasteiger partial charge is 0.138 e. The minimum absolute atomic E-state index is 0.510. The average molecular weight is 266 g/mol. The first-order valence-electron chi connectivity index (χ1n) is 5.57. The first kappa shape index (κ1) is 11.0. The van der Waals surface area contributed by atoms with E-state index in [1.807, 2.05) is 23.8 Å². The van der Waals surface area contributed by atoms with Gasteiger partial charge in [-0.3, -0.25) is 0 Å². The third-order valence-corrected chi connectivity index (χ3v) is 3.88. The molecule has 0 bridgehead atoms. The first-order valence-corrected chi connectivity index (χ1v) is 6.89. The molecule has 17 heavy (non-hydrogen) atoms. The van der Waals surface area contributed by atoms with E-state index in [-0.39, 0.29) is 0 Å². The van der Waals surface area contributed by atoms with Gasteiger partial charge in [-0.25, -0.2) is 9.97 Å². The van der Waals surface area contributed by atoms with Crippen molar-refractivity contribution in [2.24, 2.45) is 0 Å². The molecule has 0 aliphatic heterocycles. The average Bonchev–Trinajstić information content (AvgIpc) is 3.04. The van der Waals surface area contributed by atoms with Gasteiger partial charge in [0.05, 0.1) is 5.69 Å². The van der Waals surface area contributed by atoms with Crippen molar-refractivity contribution in [3.63, 3.8) is 0 Å². The molecule has 0 aromatic carbocycles. The second-order valence-electron chi connectivity index (χ2n) is 4.26. The zero-order valence-electron chi connectivity index (χ0n) is 9.40. The van der Waals surface area contributed by atoms with Gasteiger partial charge in [0.1, 0.15) is 16.8 Å². The molecule has 1 aliphatic rings. The molecule has 3 nitrogen and oxygen atoms in total. The number of thiophene rings is 1. The predicted molar refractivity (Wildman–Crippen MR) is 71.4 cm³/mol. The SMILES string of the molecule is Cc1c(Cl)nc(C2CC2)nc1Nc1ccsc1. The Hall–Kier alpha value is -1.13. The summed E-state index contributed by atoms with van der Waals surface area (Å²) in [7, 11) is 0. The highest BCUT2D eigenvalue weighted by molar-refractivity contribution is 7.08. The highest BCUT2D eigenvalue weighted by atomic mass is 35.5. The molecule has 0 spiro atoms. The van der Waals surface area contributed by atoms with Crippen LogP contribution in [0.25, 0.3) is 0 Å². The van der Waals surface area contributed by atoms with Gasteiger partial charge in [0, 0.05) is 16.9 Å². The summed E-state index contributed by atoms with van der Waals surface area (Å²) in [6.45, 7) is 1.94. The molecule has 0 atom stereocenters. The Labute approximate surface area is 109 Å². The molecule has 0 amide bonds. The van der Waals surface area contributed by atoms with Crippen molar-refractivity contribution in [3.05, 3.63) is 33.4 Å². The number of hydrogen-bond donors (Lipinski definition) is 1. The normalized spacial score (nSPS) is 14.9. The lowest BCUT2D eigenvalue weighted by molar-refractivity contribution is 0.922. The topological polar surface area (TPSA) is 37.8 Å². The Balaban J connectivity index is 1.96. The Kier molecular flexibility index (Phi) is 2.76. The fourth-order valence-corrected chi connectivity index (χ4v) is 2.39. The monoisotopic (exact) mass is 265 g/mol. The molecule has 0 saturated heterocycles. The number of hydrogen-bond acceptors (Lipinski definition) is 4. The van der Waals surface area contributed by atoms with E-state index in [1.165, 1.54) is 12.8 Å². The van der Waals surface area contributed by atoms with Crippen molar-refractivity contribution >= 4 is 34.4 Å². The lowest BCUT2D eigenvalue weighted by atomic mass is 10.3. The van der Waals surface area contributed by atoms with E-state index < -0.39 is 0 Å². The number of nitrogens with one attached hydrogen (secondary N) is 1. The summed E-state index contributed by atoms with van der Waals surface area (Å²) in [6.07, 6.45) is 2.36. The van der Waals surface area contributed by atoms with Crippen molar-refractivity contribution in [1.29, 1.82) is 0 Å². The van der Waals surface area contributed by atoms with Crippen LogP contribution < -0.4 is 5.32 Å². The molecule has 2 aromatic heterocycles. The van der Waals surface area contributed by atoms with Gasteiger partial charge in [-0.15, -0.1) is 0 Å². The van der Waals surface area contributed by atoms with Crippen molar-refractivity contribution < 1.29 is 0 Å². The third kappa shape index (κ3) is 2.28.